The molecule has 0 aromatic heterocycles. The highest BCUT2D eigenvalue weighted by molar-refractivity contribution is 7.68. The highest BCUT2D eigenvalue weighted by Crippen LogP contribution is 2.69. The number of rotatable bonds is 14. The molecule has 7 nitrogen and oxygen atoms in total. The van der Waals surface area contributed by atoms with E-state index in [-0.39, 0.29) is 0 Å². The van der Waals surface area contributed by atoms with Crippen molar-refractivity contribution in [1.29, 1.82) is 0 Å². The van der Waals surface area contributed by atoms with E-state index in [1.54, 1.807) is 0 Å². The average molecular weight is 1210 g/mol. The van der Waals surface area contributed by atoms with Crippen molar-refractivity contribution in [2.45, 2.75) is 107 Å². The summed E-state index contributed by atoms with van der Waals surface area (Å²) in [7, 11) is -10.3. The zero-order valence-electron chi connectivity index (χ0n) is 52.0. The summed E-state index contributed by atoms with van der Waals surface area (Å²) < 4.78 is 66.0. The van der Waals surface area contributed by atoms with E-state index in [2.05, 4.69) is 230 Å². The summed E-state index contributed by atoms with van der Waals surface area (Å²) in [4.78, 5) is 3.21. The van der Waals surface area contributed by atoms with E-state index in [1.807, 2.05) is 24.3 Å². The second-order valence-corrected chi connectivity index (χ2v) is 27.0. The van der Waals surface area contributed by atoms with Crippen LogP contribution in [0.5, 0.6) is 23.0 Å². The number of nitrogens with one attached hydrogen (secondary N) is 1. The largest absolute Gasteiger partial charge is 0.524 e. The van der Waals surface area contributed by atoms with Crippen LogP contribution in [0.2, 0.25) is 0 Å². The molecule has 2 aliphatic heterocycles. The van der Waals surface area contributed by atoms with E-state index < -0.39 is 15.5 Å². The lowest BCUT2D eigenvalue weighted by atomic mass is 9.83. The van der Waals surface area contributed by atoms with Crippen molar-refractivity contribution in [3.8, 4) is 89.8 Å². The first-order chi connectivity index (χ1) is 43.5. The molecular formula is C80H73NO6P2. The third-order valence-corrected chi connectivity index (χ3v) is 22.3. The summed E-state index contributed by atoms with van der Waals surface area (Å²) in [6, 6.07) is 67.9. The minimum atomic E-state index is -5.14. The van der Waals surface area contributed by atoms with Gasteiger partial charge in [-0.25, -0.2) is 9.13 Å². The van der Waals surface area contributed by atoms with Gasteiger partial charge in [-0.3, -0.25) is 0 Å². The van der Waals surface area contributed by atoms with Crippen molar-refractivity contribution >= 4 is 58.6 Å². The van der Waals surface area contributed by atoms with Gasteiger partial charge in [0.1, 0.15) is 23.0 Å². The van der Waals surface area contributed by atoms with Gasteiger partial charge in [0, 0.05) is 44.5 Å². The molecule has 89 heavy (non-hydrogen) atoms. The van der Waals surface area contributed by atoms with Gasteiger partial charge in [-0.15, -0.1) is 0 Å². The van der Waals surface area contributed by atoms with Crippen LogP contribution in [-0.4, -0.2) is 0 Å². The van der Waals surface area contributed by atoms with Crippen LogP contribution in [0.15, 0.2) is 194 Å². The summed E-state index contributed by atoms with van der Waals surface area (Å²) in [6.45, 7) is 17.3. The lowest BCUT2D eigenvalue weighted by Crippen LogP contribution is -2.22. The Bertz CT molecular complexity index is 4270. The lowest BCUT2D eigenvalue weighted by Gasteiger charge is -2.27. The van der Waals surface area contributed by atoms with Crippen LogP contribution in [0.4, 0.5) is 0 Å². The molecule has 444 valence electrons. The van der Waals surface area contributed by atoms with Crippen LogP contribution >= 0.6 is 15.5 Å². The molecular weight excluding hydrogens is 1130 g/mol. The van der Waals surface area contributed by atoms with Crippen molar-refractivity contribution < 1.29 is 27.2 Å². The molecule has 0 unspecified atom stereocenters. The topological polar surface area (TPSA) is 83.1 Å². The minimum absolute atomic E-state index is 0.338. The van der Waals surface area contributed by atoms with Crippen LogP contribution in [0.3, 0.4) is 0 Å². The summed E-state index contributed by atoms with van der Waals surface area (Å²) in [5, 5.41) is 7.41. The lowest BCUT2D eigenvalue weighted by molar-refractivity contribution is 0.359. The van der Waals surface area contributed by atoms with E-state index in [0.717, 1.165) is 206 Å². The molecule has 0 saturated carbocycles. The fourth-order valence-corrected chi connectivity index (χ4v) is 18.2. The van der Waals surface area contributed by atoms with Crippen LogP contribution in [0.1, 0.15) is 99.9 Å². The van der Waals surface area contributed by atoms with Crippen molar-refractivity contribution in [2.75, 3.05) is 0 Å². The standard InChI is InChI=1S/C80H73NO6P2/c1-9-49-33-25-34-50(10-2)69(49)65-45-57-29-17-21-41-61(57)73-74-62-42-22-18-30-58(62)46-66(70-51(11-3)35-26-36-52(70)12-4)78(74)85-88(82,84-77(65)73)81-89(83)86-79-67(71-53(13-5)37-27-38-54(71)14-6)47-59-31-19-23-43-63(59)75(79)76-64-44-24-20-32-60(64)48-68(80(76)87-89)72-55(15-7)39-28-40-56(72)16-8/h17-48H,9-16H2,1-8H3,(H,81,82,83). The molecule has 1 N–H and O–H groups in total. The Morgan fingerprint density at radius 2 is 0.449 bits per heavy atom. The predicted octanol–water partition coefficient (Wildman–Crippen LogP) is 22.8. The Hall–Kier alpha value is -8.70. The molecule has 0 fully saturated rings. The quantitative estimate of drug-likeness (QED) is 0.109. The van der Waals surface area contributed by atoms with Gasteiger partial charge >= 0.3 is 15.5 Å². The van der Waals surface area contributed by atoms with Crippen LogP contribution in [0, 0.1) is 0 Å². The van der Waals surface area contributed by atoms with Gasteiger partial charge in [-0.05, 0) is 185 Å². The zero-order chi connectivity index (χ0) is 61.3. The third kappa shape index (κ3) is 9.68. The molecule has 12 aromatic carbocycles. The Kier molecular flexibility index (Phi) is 15.2. The zero-order valence-corrected chi connectivity index (χ0v) is 53.8. The molecule has 2 heterocycles. The van der Waals surface area contributed by atoms with Crippen molar-refractivity contribution in [2.24, 2.45) is 0 Å². The Morgan fingerprint density at radius 1 is 0.258 bits per heavy atom. The summed E-state index contributed by atoms with van der Waals surface area (Å²) in [5.74, 6) is 1.35. The van der Waals surface area contributed by atoms with E-state index in [1.165, 1.54) is 0 Å². The monoisotopic (exact) mass is 1210 g/mol. The van der Waals surface area contributed by atoms with E-state index in [0.29, 0.717) is 23.0 Å². The fraction of sp³-hybridized carbons (Fsp3) is 0.200. The Balaban J connectivity index is 1.13. The number of benzene rings is 12. The van der Waals surface area contributed by atoms with Gasteiger partial charge in [0.05, 0.1) is 0 Å². The predicted molar refractivity (Wildman–Crippen MR) is 371 cm³/mol. The van der Waals surface area contributed by atoms with Crippen LogP contribution < -0.4 is 23.0 Å². The number of hydrogen-bond acceptors (Lipinski definition) is 6. The number of hydrogen-bond donors (Lipinski definition) is 1. The molecule has 2 aliphatic rings. The Labute approximate surface area is 522 Å². The second kappa shape index (κ2) is 23.3. The van der Waals surface area contributed by atoms with Gasteiger partial charge < -0.3 is 18.1 Å². The van der Waals surface area contributed by atoms with Crippen LogP contribution in [-0.2, 0) is 60.5 Å². The molecule has 0 amide bonds. The summed E-state index contributed by atoms with van der Waals surface area (Å²) in [5.41, 5.74) is 18.7. The minimum Gasteiger partial charge on any atom is -0.403 e. The van der Waals surface area contributed by atoms with E-state index in [9.17, 15) is 0 Å². The molecule has 12 aromatic rings. The molecule has 0 spiro atoms. The molecule has 0 saturated heterocycles. The molecule has 14 rings (SSSR count). The Morgan fingerprint density at radius 3 is 0.640 bits per heavy atom. The first kappa shape index (κ1) is 58.0. The molecule has 0 bridgehead atoms. The highest BCUT2D eigenvalue weighted by atomic mass is 31.3. The maximum atomic E-state index is 17.9. The van der Waals surface area contributed by atoms with Gasteiger partial charge in [-0.2, -0.15) is 0 Å². The maximum absolute atomic E-state index is 17.9. The third-order valence-electron chi connectivity index (χ3n) is 18.7. The summed E-state index contributed by atoms with van der Waals surface area (Å²) in [6.07, 6.45) is 5.78. The van der Waals surface area contributed by atoms with Crippen LogP contribution in [0.25, 0.3) is 110 Å². The van der Waals surface area contributed by atoms with Gasteiger partial charge in [0.15, 0.2) is 0 Å². The molecule has 9 heteroatoms. The van der Waals surface area contributed by atoms with Crippen molar-refractivity contribution in [3.05, 3.63) is 239 Å². The smallest absolute Gasteiger partial charge is 0.403 e. The van der Waals surface area contributed by atoms with Crippen molar-refractivity contribution in [3.63, 3.8) is 0 Å². The molecule has 0 radical (unpaired) electrons. The second-order valence-electron chi connectivity index (χ2n) is 23.5. The SMILES string of the molecule is CCc1cccc(CC)c1-c1cc2ccccc2c2c1OP(=O)(NP1(=O)Oc3c(-c4c(CC)cccc4CC)cc4ccccc4c3-c3c(c(-c4c(CC)cccc4CC)cc4ccccc34)O1)Oc1c(-c3c(CC)cccc3CC)cc3ccccc3c1-2. The molecule has 0 atom stereocenters. The van der Waals surface area contributed by atoms with Crippen molar-refractivity contribution in [1.82, 2.24) is 4.86 Å². The van der Waals surface area contributed by atoms with E-state index >= 15 is 9.13 Å². The first-order valence-corrected chi connectivity index (χ1v) is 35.0. The van der Waals surface area contributed by atoms with Gasteiger partial charge in [-0.1, -0.05) is 230 Å². The fourth-order valence-electron chi connectivity index (χ4n) is 14.5. The van der Waals surface area contributed by atoms with Gasteiger partial charge in [0.2, 0.25) is 0 Å². The first-order valence-electron chi connectivity index (χ1n) is 31.9. The maximum Gasteiger partial charge on any atom is 0.524 e. The molecule has 0 aliphatic carbocycles. The highest BCUT2D eigenvalue weighted by Gasteiger charge is 2.50. The van der Waals surface area contributed by atoms with Gasteiger partial charge in [0.25, 0.3) is 0 Å². The number of aryl methyl sites for hydroxylation is 8. The van der Waals surface area contributed by atoms with E-state index in [4.69, 9.17) is 18.1 Å². The normalized spacial score (nSPS) is 13.8. The number of fused-ring (bicyclic) bond motifs is 14. The average Bonchev–Trinajstić information content (AvgIpc) is 1.69. The summed E-state index contributed by atoms with van der Waals surface area (Å²) >= 11 is 0.